The van der Waals surface area contributed by atoms with Crippen LogP contribution in [-0.2, 0) is 4.74 Å². The van der Waals surface area contributed by atoms with Crippen molar-refractivity contribution in [1.29, 1.82) is 0 Å². The Hall–Kier alpha value is -2.74. The van der Waals surface area contributed by atoms with Crippen LogP contribution in [0.2, 0.25) is 0 Å². The van der Waals surface area contributed by atoms with E-state index in [1.807, 2.05) is 24.3 Å². The molecule has 0 bridgehead atoms. The molecule has 2 saturated heterocycles. The number of nitrogens with zero attached hydrogens (tertiary/aromatic N) is 1. The Morgan fingerprint density at radius 2 is 1.80 bits per heavy atom. The Kier molecular flexibility index (Phi) is 5.36. The minimum Gasteiger partial charge on any atom is -0.465 e. The van der Waals surface area contributed by atoms with E-state index in [0.29, 0.717) is 32.5 Å². The molecule has 1 atom stereocenters. The van der Waals surface area contributed by atoms with Crippen molar-refractivity contribution >= 4 is 6.09 Å². The quantitative estimate of drug-likeness (QED) is 0.734. The van der Waals surface area contributed by atoms with Crippen molar-refractivity contribution in [3.05, 3.63) is 54.1 Å². The van der Waals surface area contributed by atoms with Gasteiger partial charge < -0.3 is 19.5 Å². The highest BCUT2D eigenvalue weighted by atomic mass is 19.4. The Bertz CT molecular complexity index is 905. The molecule has 0 radical (unpaired) electrons. The van der Waals surface area contributed by atoms with Gasteiger partial charge in [-0.3, -0.25) is 0 Å². The summed E-state index contributed by atoms with van der Waals surface area (Å²) in [6, 6.07) is 13.7. The maximum Gasteiger partial charge on any atom is 0.573 e. The van der Waals surface area contributed by atoms with Crippen molar-refractivity contribution in [2.75, 3.05) is 19.7 Å². The van der Waals surface area contributed by atoms with E-state index in [0.717, 1.165) is 23.1 Å². The highest BCUT2D eigenvalue weighted by Crippen LogP contribution is 2.43. The average Bonchev–Trinajstić information content (AvgIpc) is 3.11. The number of ether oxygens (including phenoxy) is 2. The highest BCUT2D eigenvalue weighted by molar-refractivity contribution is 5.65. The van der Waals surface area contributed by atoms with Crippen molar-refractivity contribution in [2.24, 2.45) is 0 Å². The first-order valence-corrected chi connectivity index (χ1v) is 9.81. The zero-order valence-electron chi connectivity index (χ0n) is 16.2. The minimum absolute atomic E-state index is 0.203. The largest absolute Gasteiger partial charge is 0.573 e. The molecule has 0 unspecified atom stereocenters. The van der Waals surface area contributed by atoms with Crippen LogP contribution in [0.15, 0.2) is 48.5 Å². The monoisotopic (exact) mass is 421 g/mol. The van der Waals surface area contributed by atoms with Gasteiger partial charge in [-0.1, -0.05) is 36.4 Å². The van der Waals surface area contributed by atoms with Crippen LogP contribution in [0.3, 0.4) is 0 Å². The molecule has 5 nitrogen and oxygen atoms in total. The van der Waals surface area contributed by atoms with E-state index in [-0.39, 0.29) is 17.3 Å². The number of carbonyl (C=O) groups is 1. The van der Waals surface area contributed by atoms with E-state index in [2.05, 4.69) is 4.74 Å². The SMILES string of the molecule is O=C(O)N1CCC2(CC1)C[C@H](c1cccc(-c3ccc(OC(F)(F)F)cc3)c1)CO2. The molecule has 0 saturated carbocycles. The van der Waals surface area contributed by atoms with Crippen LogP contribution in [0.4, 0.5) is 18.0 Å². The van der Waals surface area contributed by atoms with Crippen molar-refractivity contribution in [3.8, 4) is 16.9 Å². The summed E-state index contributed by atoms with van der Waals surface area (Å²) in [5, 5.41) is 9.13. The normalized spacial score (nSPS) is 21.0. The van der Waals surface area contributed by atoms with Crippen LogP contribution in [0.1, 0.15) is 30.7 Å². The zero-order valence-corrected chi connectivity index (χ0v) is 16.2. The van der Waals surface area contributed by atoms with Gasteiger partial charge in [-0.05, 0) is 48.1 Å². The summed E-state index contributed by atoms with van der Waals surface area (Å²) < 4.78 is 47.1. The van der Waals surface area contributed by atoms with Gasteiger partial charge in [-0.15, -0.1) is 13.2 Å². The second-order valence-electron chi connectivity index (χ2n) is 7.86. The Balaban J connectivity index is 1.45. The standard InChI is InChI=1S/C22H22F3NO4/c23-22(24,25)30-19-6-4-15(5-7-19)16-2-1-3-17(12-16)18-13-21(29-14-18)8-10-26(11-9-21)20(27)28/h1-7,12,18H,8-11,13-14H2,(H,27,28)/t18-/m0/s1. The third-order valence-corrected chi connectivity index (χ3v) is 5.93. The molecule has 30 heavy (non-hydrogen) atoms. The van der Waals surface area contributed by atoms with E-state index in [9.17, 15) is 18.0 Å². The number of benzene rings is 2. The molecule has 2 heterocycles. The van der Waals surface area contributed by atoms with E-state index in [1.165, 1.54) is 17.0 Å². The number of carboxylic acid groups (broad SMARTS) is 1. The van der Waals surface area contributed by atoms with Crippen LogP contribution in [0.5, 0.6) is 5.75 Å². The van der Waals surface area contributed by atoms with Gasteiger partial charge in [0.15, 0.2) is 0 Å². The number of amides is 1. The van der Waals surface area contributed by atoms with Gasteiger partial charge >= 0.3 is 12.5 Å². The summed E-state index contributed by atoms with van der Waals surface area (Å²) in [6.07, 6.45) is -3.38. The first kappa shape index (κ1) is 20.5. The number of halogens is 3. The molecule has 1 N–H and O–H groups in total. The third kappa shape index (κ3) is 4.53. The molecule has 8 heteroatoms. The fourth-order valence-corrected chi connectivity index (χ4v) is 4.33. The number of hydrogen-bond donors (Lipinski definition) is 1. The second kappa shape index (κ2) is 7.83. The van der Waals surface area contributed by atoms with Crippen molar-refractivity contribution in [1.82, 2.24) is 4.90 Å². The van der Waals surface area contributed by atoms with Gasteiger partial charge in [0.2, 0.25) is 0 Å². The Morgan fingerprint density at radius 1 is 1.10 bits per heavy atom. The number of hydrogen-bond acceptors (Lipinski definition) is 3. The van der Waals surface area contributed by atoms with E-state index >= 15 is 0 Å². The van der Waals surface area contributed by atoms with Crippen LogP contribution in [0.25, 0.3) is 11.1 Å². The number of piperidine rings is 1. The predicted octanol–water partition coefficient (Wildman–Crippen LogP) is 5.27. The van der Waals surface area contributed by atoms with Crippen LogP contribution in [0, 0.1) is 0 Å². The topological polar surface area (TPSA) is 59.0 Å². The summed E-state index contributed by atoms with van der Waals surface area (Å²) >= 11 is 0. The van der Waals surface area contributed by atoms with Crippen LogP contribution < -0.4 is 4.74 Å². The summed E-state index contributed by atoms with van der Waals surface area (Å²) in [6.45, 7) is 1.54. The molecule has 1 spiro atoms. The summed E-state index contributed by atoms with van der Waals surface area (Å²) in [7, 11) is 0. The number of alkyl halides is 3. The second-order valence-corrected chi connectivity index (χ2v) is 7.86. The van der Waals surface area contributed by atoms with Gasteiger partial charge in [0.25, 0.3) is 0 Å². The maximum absolute atomic E-state index is 12.3. The molecular weight excluding hydrogens is 399 g/mol. The molecule has 0 aromatic heterocycles. The van der Waals surface area contributed by atoms with Crippen LogP contribution >= 0.6 is 0 Å². The van der Waals surface area contributed by atoms with Gasteiger partial charge in [0, 0.05) is 19.0 Å². The fourth-order valence-electron chi connectivity index (χ4n) is 4.33. The predicted molar refractivity (Wildman–Crippen MR) is 103 cm³/mol. The minimum atomic E-state index is -4.71. The van der Waals surface area contributed by atoms with E-state index in [1.54, 1.807) is 12.1 Å². The van der Waals surface area contributed by atoms with Crippen molar-refractivity contribution in [3.63, 3.8) is 0 Å². The average molecular weight is 421 g/mol. The lowest BCUT2D eigenvalue weighted by molar-refractivity contribution is -0.274. The van der Waals surface area contributed by atoms with Gasteiger partial charge in [-0.25, -0.2) is 4.79 Å². The first-order chi connectivity index (χ1) is 14.2. The molecule has 2 aliphatic rings. The number of rotatable bonds is 3. The Labute approximate surface area is 172 Å². The smallest absolute Gasteiger partial charge is 0.465 e. The van der Waals surface area contributed by atoms with E-state index in [4.69, 9.17) is 9.84 Å². The van der Waals surface area contributed by atoms with Gasteiger partial charge in [0.05, 0.1) is 12.2 Å². The van der Waals surface area contributed by atoms with Crippen molar-refractivity contribution < 1.29 is 32.5 Å². The Morgan fingerprint density at radius 3 is 2.43 bits per heavy atom. The zero-order chi connectivity index (χ0) is 21.4. The molecule has 1 amide bonds. The van der Waals surface area contributed by atoms with Crippen LogP contribution in [-0.4, -0.2) is 47.8 Å². The fraction of sp³-hybridized carbons (Fsp3) is 0.409. The first-order valence-electron chi connectivity index (χ1n) is 9.81. The van der Waals surface area contributed by atoms with Gasteiger partial charge in [-0.2, -0.15) is 0 Å². The molecule has 2 fully saturated rings. The molecule has 4 rings (SSSR count). The lowest BCUT2D eigenvalue weighted by Gasteiger charge is -2.37. The molecule has 0 aliphatic carbocycles. The molecule has 160 valence electrons. The molecule has 2 aromatic carbocycles. The van der Waals surface area contributed by atoms with Crippen molar-refractivity contribution in [2.45, 2.75) is 37.1 Å². The van der Waals surface area contributed by atoms with Gasteiger partial charge in [0.1, 0.15) is 5.75 Å². The lowest BCUT2D eigenvalue weighted by Crippen LogP contribution is -2.45. The molecule has 2 aliphatic heterocycles. The van der Waals surface area contributed by atoms with E-state index < -0.39 is 12.5 Å². The summed E-state index contributed by atoms with van der Waals surface area (Å²) in [4.78, 5) is 12.6. The highest BCUT2D eigenvalue weighted by Gasteiger charge is 2.43. The lowest BCUT2D eigenvalue weighted by atomic mass is 9.83. The third-order valence-electron chi connectivity index (χ3n) is 5.93. The number of likely N-dealkylation sites (tertiary alicyclic amines) is 1. The summed E-state index contributed by atoms with van der Waals surface area (Å²) in [5.74, 6) is -0.0459. The maximum atomic E-state index is 12.3. The molecule has 2 aromatic rings. The molecular formula is C22H22F3NO4. The summed E-state index contributed by atoms with van der Waals surface area (Å²) in [5.41, 5.74) is 2.55.